The number of nitrogens with one attached hydrogen (secondary N) is 1. The molecule has 1 aromatic rings. The molecule has 3 heteroatoms. The summed E-state index contributed by atoms with van der Waals surface area (Å²) in [4.78, 5) is 0. The van der Waals surface area contributed by atoms with Gasteiger partial charge in [-0.1, -0.05) is 0 Å². The lowest BCUT2D eigenvalue weighted by Crippen LogP contribution is -2.44. The van der Waals surface area contributed by atoms with Gasteiger partial charge in [-0.25, -0.2) is 0 Å². The van der Waals surface area contributed by atoms with Crippen LogP contribution in [0.4, 0.5) is 0 Å². The lowest BCUT2D eigenvalue weighted by molar-refractivity contribution is -0.0176. The van der Waals surface area contributed by atoms with Crippen molar-refractivity contribution in [3.63, 3.8) is 0 Å². The SMILES string of the molecule is CC(O)(CCc1ccsc1)C1CCCNC1. The summed E-state index contributed by atoms with van der Waals surface area (Å²) < 4.78 is 0. The maximum Gasteiger partial charge on any atom is 0.0663 e. The highest BCUT2D eigenvalue weighted by Crippen LogP contribution is 2.28. The smallest absolute Gasteiger partial charge is 0.0663 e. The zero-order valence-corrected chi connectivity index (χ0v) is 10.7. The van der Waals surface area contributed by atoms with Gasteiger partial charge in [0.15, 0.2) is 0 Å². The van der Waals surface area contributed by atoms with Crippen LogP contribution in [-0.4, -0.2) is 23.8 Å². The number of thiophene rings is 1. The van der Waals surface area contributed by atoms with Crippen LogP contribution in [0.5, 0.6) is 0 Å². The molecule has 1 aromatic heterocycles. The molecule has 1 fully saturated rings. The Hall–Kier alpha value is -0.380. The van der Waals surface area contributed by atoms with Gasteiger partial charge < -0.3 is 10.4 Å². The van der Waals surface area contributed by atoms with Crippen molar-refractivity contribution in [1.29, 1.82) is 0 Å². The second-order valence-corrected chi connectivity index (χ2v) is 5.81. The number of aliphatic hydroxyl groups is 1. The molecule has 0 aromatic carbocycles. The summed E-state index contributed by atoms with van der Waals surface area (Å²) in [7, 11) is 0. The molecule has 1 aliphatic rings. The van der Waals surface area contributed by atoms with Crippen molar-refractivity contribution < 1.29 is 5.11 Å². The Morgan fingerprint density at radius 3 is 3.12 bits per heavy atom. The Morgan fingerprint density at radius 1 is 1.62 bits per heavy atom. The maximum atomic E-state index is 10.5. The summed E-state index contributed by atoms with van der Waals surface area (Å²) in [6.45, 7) is 4.07. The minimum Gasteiger partial charge on any atom is -0.390 e. The summed E-state index contributed by atoms with van der Waals surface area (Å²) in [5.74, 6) is 0.417. The van der Waals surface area contributed by atoms with Crippen molar-refractivity contribution >= 4 is 11.3 Å². The van der Waals surface area contributed by atoms with Crippen LogP contribution in [0.1, 0.15) is 31.7 Å². The van der Waals surface area contributed by atoms with Crippen LogP contribution >= 0.6 is 11.3 Å². The first-order valence-electron chi connectivity index (χ1n) is 6.13. The molecule has 2 rings (SSSR count). The summed E-state index contributed by atoms with van der Waals surface area (Å²) >= 11 is 1.73. The van der Waals surface area contributed by atoms with Gasteiger partial charge in [0.05, 0.1) is 5.60 Å². The highest BCUT2D eigenvalue weighted by Gasteiger charge is 2.32. The second kappa shape index (κ2) is 5.30. The molecule has 0 radical (unpaired) electrons. The molecule has 0 aliphatic carbocycles. The minimum atomic E-state index is -0.518. The monoisotopic (exact) mass is 239 g/mol. The lowest BCUT2D eigenvalue weighted by Gasteiger charge is -2.36. The lowest BCUT2D eigenvalue weighted by atomic mass is 9.80. The van der Waals surface area contributed by atoms with Crippen molar-refractivity contribution in [2.45, 2.75) is 38.2 Å². The van der Waals surface area contributed by atoms with Crippen molar-refractivity contribution in [1.82, 2.24) is 5.32 Å². The topological polar surface area (TPSA) is 32.3 Å². The first-order valence-corrected chi connectivity index (χ1v) is 7.07. The molecule has 90 valence electrons. The van der Waals surface area contributed by atoms with E-state index in [-0.39, 0.29) is 0 Å². The molecule has 2 atom stereocenters. The van der Waals surface area contributed by atoms with Crippen LogP contribution in [0.2, 0.25) is 0 Å². The average Bonchev–Trinajstić information content (AvgIpc) is 2.81. The van der Waals surface area contributed by atoms with Crippen molar-refractivity contribution in [2.24, 2.45) is 5.92 Å². The van der Waals surface area contributed by atoms with Crippen LogP contribution in [-0.2, 0) is 6.42 Å². The molecule has 2 heterocycles. The molecule has 0 spiro atoms. The molecule has 1 saturated heterocycles. The Kier molecular flexibility index (Phi) is 4.00. The van der Waals surface area contributed by atoms with E-state index in [2.05, 4.69) is 22.1 Å². The first-order chi connectivity index (χ1) is 7.68. The molecule has 2 N–H and O–H groups in total. The Bertz CT molecular complexity index is 302. The van der Waals surface area contributed by atoms with Gasteiger partial charge in [-0.15, -0.1) is 0 Å². The number of hydrogen-bond acceptors (Lipinski definition) is 3. The Labute approximate surface area is 102 Å². The van der Waals surface area contributed by atoms with Crippen LogP contribution in [0, 0.1) is 5.92 Å². The number of rotatable bonds is 4. The average molecular weight is 239 g/mol. The van der Waals surface area contributed by atoms with Gasteiger partial charge in [-0.05, 0) is 67.5 Å². The van der Waals surface area contributed by atoms with Crippen LogP contribution in [0.3, 0.4) is 0 Å². The molecule has 2 nitrogen and oxygen atoms in total. The molecule has 2 unspecified atom stereocenters. The maximum absolute atomic E-state index is 10.5. The Balaban J connectivity index is 1.86. The van der Waals surface area contributed by atoms with Crippen LogP contribution in [0.25, 0.3) is 0 Å². The summed E-state index contributed by atoms with van der Waals surface area (Å²) in [5.41, 5.74) is 0.837. The third kappa shape index (κ3) is 3.06. The number of piperidine rings is 1. The summed E-state index contributed by atoms with van der Waals surface area (Å²) in [6, 6.07) is 2.15. The molecular formula is C13H21NOS. The van der Waals surface area contributed by atoms with Gasteiger partial charge in [0, 0.05) is 6.54 Å². The number of aryl methyl sites for hydroxylation is 1. The zero-order valence-electron chi connectivity index (χ0n) is 9.91. The highest BCUT2D eigenvalue weighted by molar-refractivity contribution is 7.07. The Morgan fingerprint density at radius 2 is 2.50 bits per heavy atom. The van der Waals surface area contributed by atoms with E-state index in [9.17, 15) is 5.11 Å². The van der Waals surface area contributed by atoms with E-state index < -0.39 is 5.60 Å². The van der Waals surface area contributed by atoms with Gasteiger partial charge in [-0.3, -0.25) is 0 Å². The molecule has 0 amide bonds. The van der Waals surface area contributed by atoms with Gasteiger partial charge >= 0.3 is 0 Å². The largest absolute Gasteiger partial charge is 0.390 e. The molecule has 1 aliphatic heterocycles. The predicted molar refractivity (Wildman–Crippen MR) is 68.9 cm³/mol. The summed E-state index contributed by atoms with van der Waals surface area (Å²) in [5, 5.41) is 18.2. The first kappa shape index (κ1) is 12.1. The highest BCUT2D eigenvalue weighted by atomic mass is 32.1. The van der Waals surface area contributed by atoms with Crippen LogP contribution in [0.15, 0.2) is 16.8 Å². The fourth-order valence-corrected chi connectivity index (χ4v) is 3.12. The van der Waals surface area contributed by atoms with E-state index in [1.54, 1.807) is 11.3 Å². The van der Waals surface area contributed by atoms with Gasteiger partial charge in [0.1, 0.15) is 0 Å². The molecular weight excluding hydrogens is 218 g/mol. The molecule has 0 bridgehead atoms. The van der Waals surface area contributed by atoms with Crippen LogP contribution < -0.4 is 5.32 Å². The van der Waals surface area contributed by atoms with E-state index in [1.165, 1.54) is 12.0 Å². The minimum absolute atomic E-state index is 0.417. The van der Waals surface area contributed by atoms with Crippen molar-refractivity contribution in [2.75, 3.05) is 13.1 Å². The third-order valence-electron chi connectivity index (χ3n) is 3.68. The normalized spacial score (nSPS) is 25.2. The van der Waals surface area contributed by atoms with Gasteiger partial charge in [-0.2, -0.15) is 11.3 Å². The van der Waals surface area contributed by atoms with Crippen molar-refractivity contribution in [3.05, 3.63) is 22.4 Å². The van der Waals surface area contributed by atoms with E-state index in [0.29, 0.717) is 5.92 Å². The standard InChI is InChI=1S/C13H21NOS/c1-13(15,12-3-2-7-14-9-12)6-4-11-5-8-16-10-11/h5,8,10,12,14-15H,2-4,6-7,9H2,1H3. The number of hydrogen-bond donors (Lipinski definition) is 2. The van der Waals surface area contributed by atoms with E-state index in [4.69, 9.17) is 0 Å². The molecule has 0 saturated carbocycles. The quantitative estimate of drug-likeness (QED) is 0.846. The second-order valence-electron chi connectivity index (χ2n) is 5.03. The predicted octanol–water partition coefficient (Wildman–Crippen LogP) is 2.43. The third-order valence-corrected chi connectivity index (χ3v) is 4.41. The fraction of sp³-hybridized carbons (Fsp3) is 0.692. The van der Waals surface area contributed by atoms with Gasteiger partial charge in [0.2, 0.25) is 0 Å². The fourth-order valence-electron chi connectivity index (χ4n) is 2.42. The van der Waals surface area contributed by atoms with E-state index >= 15 is 0 Å². The van der Waals surface area contributed by atoms with E-state index in [0.717, 1.165) is 32.4 Å². The van der Waals surface area contributed by atoms with E-state index in [1.807, 2.05) is 6.92 Å². The molecule has 16 heavy (non-hydrogen) atoms. The van der Waals surface area contributed by atoms with Gasteiger partial charge in [0.25, 0.3) is 0 Å². The van der Waals surface area contributed by atoms with Crippen molar-refractivity contribution in [3.8, 4) is 0 Å². The summed E-state index contributed by atoms with van der Waals surface area (Å²) in [6.07, 6.45) is 4.21. The zero-order chi connectivity index (χ0) is 11.4.